The topological polar surface area (TPSA) is 90.9 Å². The number of fused-ring (bicyclic) bond motifs is 1. The Kier molecular flexibility index (Phi) is 8.69. The summed E-state index contributed by atoms with van der Waals surface area (Å²) in [6, 6.07) is 9.19. The molecular formula is C31H42N6O3. The molecule has 1 saturated heterocycles. The van der Waals surface area contributed by atoms with Crippen molar-refractivity contribution in [2.75, 3.05) is 36.4 Å². The number of piperazine rings is 1. The normalized spacial score (nSPS) is 19.8. The lowest BCUT2D eigenvalue weighted by molar-refractivity contribution is -0.128. The van der Waals surface area contributed by atoms with Crippen LogP contribution in [0.3, 0.4) is 0 Å². The fraction of sp³-hybridized carbons (Fsp3) is 0.548. The maximum Gasteiger partial charge on any atom is 0.416 e. The number of rotatable bonds is 9. The molecule has 1 N–H and O–H groups in total. The Hall–Kier alpha value is -3.46. The summed E-state index contributed by atoms with van der Waals surface area (Å²) in [5.74, 6) is 1.89. The molecule has 0 bridgehead atoms. The molecule has 2 aliphatic heterocycles. The smallest absolute Gasteiger partial charge is 0.416 e. The highest BCUT2D eigenvalue weighted by atomic mass is 16.6. The second kappa shape index (κ2) is 12.4. The zero-order valence-electron chi connectivity index (χ0n) is 24.0. The number of nitrogens with one attached hydrogen (secondary N) is 1. The monoisotopic (exact) mass is 546 g/mol. The second-order valence-corrected chi connectivity index (χ2v) is 11.6. The van der Waals surface area contributed by atoms with E-state index in [9.17, 15) is 9.59 Å². The average molecular weight is 547 g/mol. The van der Waals surface area contributed by atoms with Crippen LogP contribution in [-0.2, 0) is 16.1 Å². The van der Waals surface area contributed by atoms with Crippen molar-refractivity contribution in [3.05, 3.63) is 59.8 Å². The third-order valence-electron chi connectivity index (χ3n) is 8.57. The number of anilines is 2. The highest BCUT2D eigenvalue weighted by Crippen LogP contribution is 2.37. The highest BCUT2D eigenvalue weighted by Gasteiger charge is 2.31. The number of ether oxygens (including phenoxy) is 1. The van der Waals surface area contributed by atoms with Crippen molar-refractivity contribution in [2.24, 2.45) is 5.92 Å². The quantitative estimate of drug-likeness (QED) is 0.417. The predicted molar refractivity (Wildman–Crippen MR) is 156 cm³/mol. The van der Waals surface area contributed by atoms with Crippen molar-refractivity contribution in [3.63, 3.8) is 0 Å². The van der Waals surface area contributed by atoms with Gasteiger partial charge >= 0.3 is 6.09 Å². The van der Waals surface area contributed by atoms with Crippen LogP contribution in [0.2, 0.25) is 0 Å². The van der Waals surface area contributed by atoms with Gasteiger partial charge in [-0.15, -0.1) is 0 Å². The van der Waals surface area contributed by atoms with Gasteiger partial charge in [0.25, 0.3) is 0 Å². The summed E-state index contributed by atoms with van der Waals surface area (Å²) in [6.07, 6.45) is 9.25. The summed E-state index contributed by atoms with van der Waals surface area (Å²) in [5.41, 5.74) is 3.28. The van der Waals surface area contributed by atoms with Gasteiger partial charge in [-0.3, -0.25) is 14.6 Å². The lowest BCUT2D eigenvalue weighted by Crippen LogP contribution is -2.49. The number of hydrogen-bond donors (Lipinski definition) is 1. The first-order chi connectivity index (χ1) is 19.3. The molecule has 2 amide bonds. The number of aromatic nitrogens is 2. The summed E-state index contributed by atoms with van der Waals surface area (Å²) in [6.45, 7) is 13.1. The van der Waals surface area contributed by atoms with E-state index in [1.54, 1.807) is 11.1 Å². The van der Waals surface area contributed by atoms with Gasteiger partial charge < -0.3 is 15.0 Å². The molecule has 3 heterocycles. The molecule has 1 aromatic heterocycles. The van der Waals surface area contributed by atoms with Gasteiger partial charge in [0.2, 0.25) is 11.9 Å². The van der Waals surface area contributed by atoms with Crippen molar-refractivity contribution < 1.29 is 14.3 Å². The minimum Gasteiger partial charge on any atom is -0.444 e. The average Bonchev–Trinajstić information content (AvgIpc) is 3.49. The summed E-state index contributed by atoms with van der Waals surface area (Å²) >= 11 is 0. The van der Waals surface area contributed by atoms with Gasteiger partial charge in [0.1, 0.15) is 12.4 Å². The van der Waals surface area contributed by atoms with Gasteiger partial charge in [-0.05, 0) is 50.3 Å². The molecule has 2 aromatic rings. The standard InChI is InChI=1S/C31H42N6O3/c1-5-28(38)36-16-14-35(15-17-36)27(18-23-8-6-7-9-23)25-12-10-24(11-13-25)22(4)33-30-32-19-26-20-40-31(39)37(21(2)3)29(26)34-30/h5,10-13,19,21-23,27H,1,6-9,14-18,20H2,2-4H3,(H,32,33,34)/t22-,27?/m0/s1. The fourth-order valence-corrected chi connectivity index (χ4v) is 6.25. The third kappa shape index (κ3) is 6.14. The second-order valence-electron chi connectivity index (χ2n) is 11.6. The van der Waals surface area contributed by atoms with Gasteiger partial charge in [0.05, 0.1) is 11.6 Å². The fourth-order valence-electron chi connectivity index (χ4n) is 6.25. The number of carbonyl (C=O) groups excluding carboxylic acids is 2. The highest BCUT2D eigenvalue weighted by molar-refractivity contribution is 5.89. The Morgan fingerprint density at radius 2 is 1.77 bits per heavy atom. The first-order valence-electron chi connectivity index (χ1n) is 14.7. The van der Waals surface area contributed by atoms with Crippen LogP contribution in [-0.4, -0.2) is 64.0 Å². The van der Waals surface area contributed by atoms with Crippen LogP contribution in [0.1, 0.15) is 81.6 Å². The van der Waals surface area contributed by atoms with Gasteiger partial charge in [-0.25, -0.2) is 9.78 Å². The van der Waals surface area contributed by atoms with Crippen molar-refractivity contribution in [1.82, 2.24) is 19.8 Å². The molecule has 2 atom stereocenters. The van der Waals surface area contributed by atoms with E-state index in [0.29, 0.717) is 17.8 Å². The molecule has 5 rings (SSSR count). The van der Waals surface area contributed by atoms with E-state index < -0.39 is 0 Å². The lowest BCUT2D eigenvalue weighted by Gasteiger charge is -2.40. The van der Waals surface area contributed by atoms with Crippen LogP contribution in [0.4, 0.5) is 16.6 Å². The maximum absolute atomic E-state index is 12.3. The minimum atomic E-state index is -0.378. The Labute approximate surface area is 237 Å². The van der Waals surface area contributed by atoms with E-state index in [1.165, 1.54) is 43.7 Å². The Bertz CT molecular complexity index is 1200. The molecule has 40 heavy (non-hydrogen) atoms. The lowest BCUT2D eigenvalue weighted by atomic mass is 9.91. The first kappa shape index (κ1) is 28.1. The van der Waals surface area contributed by atoms with Gasteiger partial charge in [0.15, 0.2) is 0 Å². The van der Waals surface area contributed by atoms with E-state index >= 15 is 0 Å². The van der Waals surface area contributed by atoms with Crippen LogP contribution < -0.4 is 10.2 Å². The van der Waals surface area contributed by atoms with Crippen molar-refractivity contribution in [3.8, 4) is 0 Å². The first-order valence-corrected chi connectivity index (χ1v) is 14.7. The van der Waals surface area contributed by atoms with Crippen molar-refractivity contribution >= 4 is 23.8 Å². The number of carbonyl (C=O) groups is 2. The number of cyclic esters (lactones) is 1. The molecule has 9 heteroatoms. The summed E-state index contributed by atoms with van der Waals surface area (Å²) in [4.78, 5) is 39.6. The Morgan fingerprint density at radius 3 is 2.42 bits per heavy atom. The molecule has 0 radical (unpaired) electrons. The van der Waals surface area contributed by atoms with E-state index in [0.717, 1.165) is 43.2 Å². The molecule has 1 saturated carbocycles. The van der Waals surface area contributed by atoms with E-state index in [1.807, 2.05) is 18.7 Å². The SMILES string of the molecule is C=CC(=O)N1CCN(C(CC2CCCC2)c2ccc([C@H](C)Nc3ncc4c(n3)N(C(C)C)C(=O)OC4)cc2)CC1. The molecular weight excluding hydrogens is 504 g/mol. The molecule has 1 aliphatic carbocycles. The number of hydrogen-bond acceptors (Lipinski definition) is 7. The number of benzene rings is 1. The van der Waals surface area contributed by atoms with Crippen molar-refractivity contribution in [1.29, 1.82) is 0 Å². The van der Waals surface area contributed by atoms with Gasteiger partial charge in [-0.2, -0.15) is 4.98 Å². The molecule has 214 valence electrons. The Morgan fingerprint density at radius 1 is 1.10 bits per heavy atom. The molecule has 3 aliphatic rings. The number of amides is 2. The molecule has 1 aromatic carbocycles. The van der Waals surface area contributed by atoms with E-state index in [2.05, 4.69) is 58.0 Å². The van der Waals surface area contributed by atoms with Crippen LogP contribution in [0.25, 0.3) is 0 Å². The molecule has 0 spiro atoms. The van der Waals surface area contributed by atoms with Gasteiger partial charge in [0, 0.05) is 44.5 Å². The van der Waals surface area contributed by atoms with Crippen LogP contribution >= 0.6 is 0 Å². The van der Waals surface area contributed by atoms with Crippen LogP contribution in [0, 0.1) is 5.92 Å². The number of nitrogens with zero attached hydrogens (tertiary/aromatic N) is 5. The summed E-state index contributed by atoms with van der Waals surface area (Å²) < 4.78 is 5.27. The molecule has 9 nitrogen and oxygen atoms in total. The molecule has 1 unspecified atom stereocenters. The predicted octanol–water partition coefficient (Wildman–Crippen LogP) is 5.47. The largest absolute Gasteiger partial charge is 0.444 e. The maximum atomic E-state index is 12.3. The molecule has 2 fully saturated rings. The third-order valence-corrected chi connectivity index (χ3v) is 8.57. The Balaban J connectivity index is 1.29. The summed E-state index contributed by atoms with van der Waals surface area (Å²) in [7, 11) is 0. The zero-order valence-corrected chi connectivity index (χ0v) is 24.0. The minimum absolute atomic E-state index is 0.0168. The van der Waals surface area contributed by atoms with Gasteiger partial charge in [-0.1, -0.05) is 56.5 Å². The van der Waals surface area contributed by atoms with Crippen LogP contribution in [0.15, 0.2) is 43.1 Å². The van der Waals surface area contributed by atoms with Crippen molar-refractivity contribution in [2.45, 2.75) is 77.6 Å². The van der Waals surface area contributed by atoms with Crippen LogP contribution in [0.5, 0.6) is 0 Å². The summed E-state index contributed by atoms with van der Waals surface area (Å²) in [5, 5.41) is 3.42. The zero-order chi connectivity index (χ0) is 28.2. The van der Waals surface area contributed by atoms with E-state index in [-0.39, 0.29) is 30.7 Å². The van der Waals surface area contributed by atoms with E-state index in [4.69, 9.17) is 4.74 Å².